The molecule has 0 spiro atoms. The van der Waals surface area contributed by atoms with E-state index < -0.39 is 10.1 Å². The molecule has 3 aromatic carbocycles. The average Bonchev–Trinajstić information content (AvgIpc) is 3.29. The van der Waals surface area contributed by atoms with E-state index in [0.29, 0.717) is 39.3 Å². The monoisotopic (exact) mass is 588 g/mol. The van der Waals surface area contributed by atoms with Crippen LogP contribution >= 0.6 is 11.3 Å². The van der Waals surface area contributed by atoms with Gasteiger partial charge in [0.25, 0.3) is 16.0 Å². The number of carbonyl (C=O) groups excluding carboxylic acids is 2. The van der Waals surface area contributed by atoms with Crippen LogP contribution < -0.4 is 5.32 Å². The maximum Gasteiger partial charge on any atom is 0.297 e. The predicted molar refractivity (Wildman–Crippen MR) is 160 cm³/mol. The standard InChI is InChI=1S/C31H28N2O6S2/c1-18-8-11-23(12-9-18)41(36,37)39-17-21-6-5-7-26-25(21)14-15-27(32-26)33-31(35)29-19(2)28-22(16-38-4)10-13-24(20(3)34)30(28)40-29/h5-15H,16-17H2,1-4H3,(H,32,33,35). The van der Waals surface area contributed by atoms with Crippen molar-refractivity contribution < 1.29 is 26.9 Å². The van der Waals surface area contributed by atoms with Crippen LogP contribution in [0.2, 0.25) is 0 Å². The minimum absolute atomic E-state index is 0.0742. The van der Waals surface area contributed by atoms with Gasteiger partial charge >= 0.3 is 0 Å². The van der Waals surface area contributed by atoms with Crippen LogP contribution in [0.15, 0.2) is 71.6 Å². The second-order valence-corrected chi connectivity index (χ2v) is 12.3. The molecule has 1 N–H and O–H groups in total. The Hall–Kier alpha value is -3.96. The fourth-order valence-electron chi connectivity index (χ4n) is 4.70. The van der Waals surface area contributed by atoms with Gasteiger partial charge in [-0.05, 0) is 73.9 Å². The number of aromatic nitrogens is 1. The highest BCUT2D eigenvalue weighted by Gasteiger charge is 2.22. The highest BCUT2D eigenvalue weighted by molar-refractivity contribution is 7.86. The molecule has 5 aromatic rings. The number of benzene rings is 3. The van der Waals surface area contributed by atoms with E-state index >= 15 is 0 Å². The summed E-state index contributed by atoms with van der Waals surface area (Å²) in [6.07, 6.45) is 0. The van der Waals surface area contributed by atoms with E-state index in [0.717, 1.165) is 26.8 Å². The van der Waals surface area contributed by atoms with Crippen molar-refractivity contribution in [3.63, 3.8) is 0 Å². The summed E-state index contributed by atoms with van der Waals surface area (Å²) in [6, 6.07) is 18.9. The molecule has 0 aliphatic rings. The summed E-state index contributed by atoms with van der Waals surface area (Å²) >= 11 is 1.27. The van der Waals surface area contributed by atoms with Gasteiger partial charge in [0.15, 0.2) is 5.78 Å². The van der Waals surface area contributed by atoms with E-state index in [9.17, 15) is 18.0 Å². The number of nitrogens with zero attached hydrogens (tertiary/aromatic N) is 1. The first kappa shape index (κ1) is 28.6. The second kappa shape index (κ2) is 11.5. The van der Waals surface area contributed by atoms with Gasteiger partial charge in [0.1, 0.15) is 5.82 Å². The summed E-state index contributed by atoms with van der Waals surface area (Å²) in [5, 5.41) is 4.43. The summed E-state index contributed by atoms with van der Waals surface area (Å²) in [4.78, 5) is 30.8. The Morgan fingerprint density at radius 1 is 0.927 bits per heavy atom. The van der Waals surface area contributed by atoms with Crippen LogP contribution in [0, 0.1) is 13.8 Å². The van der Waals surface area contributed by atoms with Crippen molar-refractivity contribution >= 4 is 60.0 Å². The molecule has 0 fully saturated rings. The third kappa shape index (κ3) is 5.77. The van der Waals surface area contributed by atoms with Crippen molar-refractivity contribution in [3.8, 4) is 0 Å². The van der Waals surface area contributed by atoms with Gasteiger partial charge in [-0.15, -0.1) is 11.3 Å². The normalized spacial score (nSPS) is 11.7. The lowest BCUT2D eigenvalue weighted by molar-refractivity contribution is 0.101. The Bertz CT molecular complexity index is 1910. The Morgan fingerprint density at radius 3 is 2.39 bits per heavy atom. The first-order chi connectivity index (χ1) is 19.6. The minimum Gasteiger partial charge on any atom is -0.380 e. The number of carbonyl (C=O) groups is 2. The quantitative estimate of drug-likeness (QED) is 0.153. The predicted octanol–water partition coefficient (Wildman–Crippen LogP) is 6.57. The number of ether oxygens (including phenoxy) is 1. The molecule has 41 heavy (non-hydrogen) atoms. The van der Waals surface area contributed by atoms with Crippen LogP contribution in [-0.2, 0) is 32.3 Å². The molecule has 210 valence electrons. The van der Waals surface area contributed by atoms with E-state index in [1.165, 1.54) is 30.4 Å². The van der Waals surface area contributed by atoms with Crippen molar-refractivity contribution in [3.05, 3.63) is 99.4 Å². The number of hydrogen-bond acceptors (Lipinski definition) is 8. The number of aryl methyl sites for hydroxylation is 2. The topological polar surface area (TPSA) is 112 Å². The van der Waals surface area contributed by atoms with Crippen molar-refractivity contribution in [2.24, 2.45) is 0 Å². The molecule has 5 rings (SSSR count). The minimum atomic E-state index is -3.93. The van der Waals surface area contributed by atoms with Gasteiger partial charge in [0, 0.05) is 28.1 Å². The van der Waals surface area contributed by atoms with Crippen molar-refractivity contribution in [1.29, 1.82) is 0 Å². The summed E-state index contributed by atoms with van der Waals surface area (Å²) < 4.78 is 36.8. The van der Waals surface area contributed by atoms with Gasteiger partial charge in [-0.3, -0.25) is 13.8 Å². The van der Waals surface area contributed by atoms with Crippen LogP contribution in [0.25, 0.3) is 21.0 Å². The highest BCUT2D eigenvalue weighted by Crippen LogP contribution is 2.37. The molecule has 0 saturated carbocycles. The fourth-order valence-corrected chi connectivity index (χ4v) is 6.90. The third-order valence-corrected chi connectivity index (χ3v) is 9.39. The molecule has 0 unspecified atom stereocenters. The largest absolute Gasteiger partial charge is 0.380 e. The zero-order chi connectivity index (χ0) is 29.3. The van der Waals surface area contributed by atoms with Gasteiger partial charge in [-0.25, -0.2) is 4.98 Å². The maximum atomic E-state index is 13.4. The highest BCUT2D eigenvalue weighted by atomic mass is 32.2. The number of ketones is 1. The Kier molecular flexibility index (Phi) is 8.01. The van der Waals surface area contributed by atoms with E-state index in [2.05, 4.69) is 10.3 Å². The summed E-state index contributed by atoms with van der Waals surface area (Å²) in [7, 11) is -2.33. The summed E-state index contributed by atoms with van der Waals surface area (Å²) in [5.41, 5.74) is 4.41. The summed E-state index contributed by atoms with van der Waals surface area (Å²) in [5.74, 6) is -0.0690. The second-order valence-electron chi connectivity index (χ2n) is 9.69. The zero-order valence-electron chi connectivity index (χ0n) is 23.0. The number of pyridine rings is 1. The van der Waals surface area contributed by atoms with Gasteiger partial charge in [-0.2, -0.15) is 8.42 Å². The Balaban J connectivity index is 1.40. The van der Waals surface area contributed by atoms with E-state index in [4.69, 9.17) is 8.92 Å². The van der Waals surface area contributed by atoms with Crippen molar-refractivity contribution in [1.82, 2.24) is 4.98 Å². The molecule has 0 bridgehead atoms. The molecule has 0 aliphatic heterocycles. The number of hydrogen-bond donors (Lipinski definition) is 1. The Morgan fingerprint density at radius 2 is 1.68 bits per heavy atom. The molecule has 8 nitrogen and oxygen atoms in total. The molecular weight excluding hydrogens is 560 g/mol. The van der Waals surface area contributed by atoms with Gasteiger partial charge in [0.2, 0.25) is 0 Å². The molecule has 2 aromatic heterocycles. The number of anilines is 1. The number of Topliss-reactive ketones (excluding diaryl/α,β-unsaturated/α-hetero) is 1. The lowest BCUT2D eigenvalue weighted by atomic mass is 10.0. The number of fused-ring (bicyclic) bond motifs is 2. The smallest absolute Gasteiger partial charge is 0.297 e. The van der Waals surface area contributed by atoms with Gasteiger partial charge in [-0.1, -0.05) is 35.9 Å². The number of thiophene rings is 1. The Labute approximate surface area is 242 Å². The van der Waals surface area contributed by atoms with Gasteiger partial charge in [0.05, 0.1) is 28.5 Å². The van der Waals surface area contributed by atoms with E-state index in [1.807, 2.05) is 19.9 Å². The van der Waals surface area contributed by atoms with Crippen LogP contribution in [0.4, 0.5) is 5.82 Å². The molecule has 0 radical (unpaired) electrons. The molecule has 1 amide bonds. The molecule has 0 aliphatic carbocycles. The maximum absolute atomic E-state index is 13.4. The van der Waals surface area contributed by atoms with Crippen LogP contribution in [0.5, 0.6) is 0 Å². The number of nitrogens with one attached hydrogen (secondary N) is 1. The van der Waals surface area contributed by atoms with Gasteiger partial charge < -0.3 is 10.1 Å². The average molecular weight is 589 g/mol. The van der Waals surface area contributed by atoms with Crippen LogP contribution in [0.3, 0.4) is 0 Å². The lowest BCUT2D eigenvalue weighted by Crippen LogP contribution is -2.12. The third-order valence-electron chi connectivity index (χ3n) is 6.79. The first-order valence-electron chi connectivity index (χ1n) is 12.8. The zero-order valence-corrected chi connectivity index (χ0v) is 24.6. The number of rotatable bonds is 9. The SMILES string of the molecule is COCc1ccc(C(C)=O)c2sc(C(=O)Nc3ccc4c(COS(=O)(=O)c5ccc(C)cc5)cccc4n3)c(C)c12. The number of amides is 1. The fraction of sp³-hybridized carbons (Fsp3) is 0.194. The summed E-state index contributed by atoms with van der Waals surface area (Å²) in [6.45, 7) is 5.45. The molecule has 0 saturated heterocycles. The van der Waals surface area contributed by atoms with E-state index in [-0.39, 0.29) is 23.2 Å². The van der Waals surface area contributed by atoms with Crippen LogP contribution in [0.1, 0.15) is 49.2 Å². The van der Waals surface area contributed by atoms with E-state index in [1.54, 1.807) is 55.6 Å². The first-order valence-corrected chi connectivity index (χ1v) is 15.0. The molecule has 10 heteroatoms. The van der Waals surface area contributed by atoms with Crippen LogP contribution in [-0.4, -0.2) is 32.2 Å². The number of methoxy groups -OCH3 is 1. The van der Waals surface area contributed by atoms with Crippen molar-refractivity contribution in [2.45, 2.75) is 38.9 Å². The lowest BCUT2D eigenvalue weighted by Gasteiger charge is -2.10. The van der Waals surface area contributed by atoms with Crippen molar-refractivity contribution in [2.75, 3.05) is 12.4 Å². The molecule has 0 atom stereocenters. The molecule has 2 heterocycles. The molecular formula is C31H28N2O6S2.